The van der Waals surface area contributed by atoms with Crippen LogP contribution >= 0.6 is 34.6 Å². The van der Waals surface area contributed by atoms with Crippen LogP contribution in [0.1, 0.15) is 47.5 Å². The van der Waals surface area contributed by atoms with E-state index in [4.69, 9.17) is 0 Å². The van der Waals surface area contributed by atoms with Gasteiger partial charge in [0.15, 0.2) is 4.34 Å². The Morgan fingerprint density at radius 2 is 2.00 bits per heavy atom. The van der Waals surface area contributed by atoms with Crippen LogP contribution in [-0.4, -0.2) is 43.4 Å². The molecule has 1 aliphatic carbocycles. The highest BCUT2D eigenvalue weighted by molar-refractivity contribution is 8.01. The molecule has 0 aliphatic heterocycles. The number of aryl methyl sites for hydroxylation is 1. The van der Waals surface area contributed by atoms with Gasteiger partial charge in [-0.1, -0.05) is 46.8 Å². The molecule has 1 aliphatic rings. The van der Waals surface area contributed by atoms with Crippen molar-refractivity contribution in [2.24, 2.45) is 0 Å². The molecule has 8 nitrogen and oxygen atoms in total. The number of aromatic nitrogens is 4. The maximum atomic E-state index is 12.1. The molecule has 2 aromatic heterocycles. The zero-order chi connectivity index (χ0) is 17.6. The molecular weight excluding hydrogens is 380 g/mol. The molecule has 134 valence electrons. The zero-order valence-corrected chi connectivity index (χ0v) is 16.1. The third kappa shape index (κ3) is 5.19. The van der Waals surface area contributed by atoms with Crippen LogP contribution in [0, 0.1) is 6.92 Å². The average Bonchev–Trinajstić information content (AvgIpc) is 3.23. The van der Waals surface area contributed by atoms with Gasteiger partial charge in [0, 0.05) is 6.04 Å². The SMILES string of the molecule is Cc1nnsc1C(=O)Nc1nnc(SCC(=O)NC2CCCCC2)s1. The number of hydrogen-bond donors (Lipinski definition) is 2. The number of anilines is 1. The van der Waals surface area contributed by atoms with Gasteiger partial charge in [-0.05, 0) is 31.3 Å². The first-order valence-electron chi connectivity index (χ1n) is 7.98. The van der Waals surface area contributed by atoms with Gasteiger partial charge in [-0.3, -0.25) is 14.9 Å². The second kappa shape index (κ2) is 8.68. The molecule has 0 aromatic carbocycles. The first kappa shape index (κ1) is 18.2. The molecular formula is C14H18N6O2S3. The van der Waals surface area contributed by atoms with Crippen molar-refractivity contribution >= 4 is 51.6 Å². The van der Waals surface area contributed by atoms with E-state index in [2.05, 4.69) is 30.4 Å². The third-order valence-corrected chi connectivity index (χ3v) is 6.58. The zero-order valence-electron chi connectivity index (χ0n) is 13.7. The number of nitrogens with one attached hydrogen (secondary N) is 2. The van der Waals surface area contributed by atoms with E-state index in [1.165, 1.54) is 42.4 Å². The smallest absolute Gasteiger partial charge is 0.271 e. The Morgan fingerprint density at radius 3 is 2.72 bits per heavy atom. The first-order valence-corrected chi connectivity index (χ1v) is 10.6. The summed E-state index contributed by atoms with van der Waals surface area (Å²) >= 11 is 3.61. The highest BCUT2D eigenvalue weighted by Gasteiger charge is 2.18. The maximum absolute atomic E-state index is 12.1. The average molecular weight is 399 g/mol. The maximum Gasteiger partial charge on any atom is 0.271 e. The Bertz CT molecular complexity index is 741. The highest BCUT2D eigenvalue weighted by atomic mass is 32.2. The van der Waals surface area contributed by atoms with E-state index in [9.17, 15) is 9.59 Å². The molecule has 11 heteroatoms. The van der Waals surface area contributed by atoms with Gasteiger partial charge < -0.3 is 5.32 Å². The lowest BCUT2D eigenvalue weighted by atomic mass is 9.95. The number of nitrogens with zero attached hydrogens (tertiary/aromatic N) is 4. The molecule has 2 aromatic rings. The Morgan fingerprint density at radius 1 is 1.20 bits per heavy atom. The van der Waals surface area contributed by atoms with Gasteiger partial charge in [-0.25, -0.2) is 0 Å². The van der Waals surface area contributed by atoms with Crippen molar-refractivity contribution in [3.05, 3.63) is 10.6 Å². The Balaban J connectivity index is 1.46. The van der Waals surface area contributed by atoms with Crippen molar-refractivity contribution < 1.29 is 9.59 Å². The minimum Gasteiger partial charge on any atom is -0.353 e. The number of carbonyl (C=O) groups excluding carboxylic acids is 2. The van der Waals surface area contributed by atoms with E-state index in [1.807, 2.05) is 0 Å². The van der Waals surface area contributed by atoms with Crippen LogP contribution in [-0.2, 0) is 4.79 Å². The van der Waals surface area contributed by atoms with Gasteiger partial charge in [-0.2, -0.15) is 0 Å². The van der Waals surface area contributed by atoms with Gasteiger partial charge in [0.25, 0.3) is 5.91 Å². The molecule has 0 spiro atoms. The second-order valence-electron chi connectivity index (χ2n) is 5.71. The normalized spacial score (nSPS) is 15.1. The summed E-state index contributed by atoms with van der Waals surface area (Å²) in [6.45, 7) is 1.73. The predicted molar refractivity (Wildman–Crippen MR) is 98.2 cm³/mol. The number of amides is 2. The number of thioether (sulfide) groups is 1. The quantitative estimate of drug-likeness (QED) is 0.568. The summed E-state index contributed by atoms with van der Waals surface area (Å²) in [6, 6.07) is 0.308. The fourth-order valence-corrected chi connectivity index (χ4v) is 4.67. The van der Waals surface area contributed by atoms with Crippen molar-refractivity contribution in [3.63, 3.8) is 0 Å². The molecule has 0 saturated heterocycles. The predicted octanol–water partition coefficient (Wildman–Crippen LogP) is 2.49. The summed E-state index contributed by atoms with van der Waals surface area (Å²) in [5.41, 5.74) is 0.584. The lowest BCUT2D eigenvalue weighted by Crippen LogP contribution is -2.37. The van der Waals surface area contributed by atoms with E-state index >= 15 is 0 Å². The van der Waals surface area contributed by atoms with E-state index in [0.29, 0.717) is 31.8 Å². The summed E-state index contributed by atoms with van der Waals surface area (Å²) in [4.78, 5) is 24.5. The second-order valence-corrected chi connectivity index (χ2v) is 8.66. The number of rotatable bonds is 6. The Kier molecular flexibility index (Phi) is 6.32. The van der Waals surface area contributed by atoms with E-state index in [0.717, 1.165) is 24.4 Å². The molecule has 1 saturated carbocycles. The molecule has 2 heterocycles. The van der Waals surface area contributed by atoms with E-state index < -0.39 is 0 Å². The van der Waals surface area contributed by atoms with Crippen LogP contribution in [0.3, 0.4) is 0 Å². The molecule has 3 rings (SSSR count). The standard InChI is InChI=1S/C14H18N6O2S3/c1-8-11(25-20-17-8)12(22)16-13-18-19-14(24-13)23-7-10(21)15-9-5-3-2-4-6-9/h9H,2-7H2,1H3,(H,15,21)(H,16,18,22). The molecule has 25 heavy (non-hydrogen) atoms. The monoisotopic (exact) mass is 398 g/mol. The number of hydrogen-bond acceptors (Lipinski definition) is 9. The lowest BCUT2D eigenvalue weighted by Gasteiger charge is -2.22. The fourth-order valence-electron chi connectivity index (χ4n) is 2.56. The van der Waals surface area contributed by atoms with Gasteiger partial charge >= 0.3 is 0 Å². The van der Waals surface area contributed by atoms with E-state index in [-0.39, 0.29) is 11.8 Å². The van der Waals surface area contributed by atoms with Crippen molar-refractivity contribution in [2.45, 2.75) is 49.4 Å². The van der Waals surface area contributed by atoms with Crippen LogP contribution in [0.5, 0.6) is 0 Å². The topological polar surface area (TPSA) is 110 Å². The van der Waals surface area contributed by atoms with Crippen molar-refractivity contribution in [1.82, 2.24) is 25.1 Å². The molecule has 2 amide bonds. The lowest BCUT2D eigenvalue weighted by molar-refractivity contribution is -0.119. The molecule has 1 fully saturated rings. The van der Waals surface area contributed by atoms with Gasteiger partial charge in [0.2, 0.25) is 11.0 Å². The first-order chi connectivity index (χ1) is 12.1. The Hall–Kier alpha value is -1.59. The number of carbonyl (C=O) groups is 2. The van der Waals surface area contributed by atoms with Gasteiger partial charge in [0.05, 0.1) is 11.4 Å². The minimum atomic E-state index is -0.296. The minimum absolute atomic E-state index is 0.0176. The summed E-state index contributed by atoms with van der Waals surface area (Å²) in [5.74, 6) is 0.0241. The third-order valence-electron chi connectivity index (χ3n) is 3.78. The van der Waals surface area contributed by atoms with Crippen molar-refractivity contribution in [3.8, 4) is 0 Å². The summed E-state index contributed by atoms with van der Waals surface area (Å²) in [7, 11) is 0. The molecule has 0 radical (unpaired) electrons. The van der Waals surface area contributed by atoms with Crippen molar-refractivity contribution in [1.29, 1.82) is 0 Å². The molecule has 0 atom stereocenters. The molecule has 0 bridgehead atoms. The van der Waals surface area contributed by atoms with Crippen molar-refractivity contribution in [2.75, 3.05) is 11.1 Å². The molecule has 2 N–H and O–H groups in total. The van der Waals surface area contributed by atoms with Crippen LogP contribution in [0.4, 0.5) is 5.13 Å². The largest absolute Gasteiger partial charge is 0.353 e. The molecule has 0 unspecified atom stereocenters. The summed E-state index contributed by atoms with van der Waals surface area (Å²) in [6.07, 6.45) is 5.77. The fraction of sp³-hybridized carbons (Fsp3) is 0.571. The van der Waals surface area contributed by atoms with Crippen LogP contribution in [0.25, 0.3) is 0 Å². The van der Waals surface area contributed by atoms with Crippen LogP contribution < -0.4 is 10.6 Å². The summed E-state index contributed by atoms with van der Waals surface area (Å²) < 4.78 is 4.38. The van der Waals surface area contributed by atoms with Crippen LogP contribution in [0.2, 0.25) is 0 Å². The van der Waals surface area contributed by atoms with Crippen LogP contribution in [0.15, 0.2) is 4.34 Å². The van der Waals surface area contributed by atoms with Gasteiger partial charge in [0.1, 0.15) is 4.88 Å². The van der Waals surface area contributed by atoms with E-state index in [1.54, 1.807) is 6.92 Å². The highest BCUT2D eigenvalue weighted by Crippen LogP contribution is 2.26. The Labute approximate surface area is 157 Å². The van der Waals surface area contributed by atoms with Gasteiger partial charge in [-0.15, -0.1) is 15.3 Å². The summed E-state index contributed by atoms with van der Waals surface area (Å²) in [5, 5.41) is 17.9.